The summed E-state index contributed by atoms with van der Waals surface area (Å²) in [6.07, 6.45) is 5.43. The predicted octanol–water partition coefficient (Wildman–Crippen LogP) is 1.90. The zero-order valence-electron chi connectivity index (χ0n) is 13.9. The molecule has 1 aromatic carbocycles. The number of hydrogen-bond acceptors (Lipinski definition) is 5. The molecule has 0 unspecified atom stereocenters. The van der Waals surface area contributed by atoms with Crippen LogP contribution in [-0.2, 0) is 10.0 Å². The lowest BCUT2D eigenvalue weighted by Gasteiger charge is -2.19. The van der Waals surface area contributed by atoms with E-state index in [9.17, 15) is 8.42 Å². The Morgan fingerprint density at radius 3 is 2.33 bits per heavy atom. The molecule has 2 aromatic rings. The maximum atomic E-state index is 12.5. The molecule has 0 bridgehead atoms. The minimum atomic E-state index is -3.59. The van der Waals surface area contributed by atoms with Crippen LogP contribution in [0.2, 0.25) is 0 Å². The van der Waals surface area contributed by atoms with Crippen LogP contribution in [0.1, 0.15) is 19.3 Å². The number of nitrogens with zero attached hydrogens (tertiary/aromatic N) is 3. The summed E-state index contributed by atoms with van der Waals surface area (Å²) in [6, 6.07) is 9.88. The van der Waals surface area contributed by atoms with Crippen LogP contribution in [0.25, 0.3) is 11.4 Å². The minimum absolute atomic E-state index is 0.0313. The molecule has 1 heterocycles. The summed E-state index contributed by atoms with van der Waals surface area (Å²) in [5.74, 6) is 0.517. The molecule has 1 fully saturated rings. The van der Waals surface area contributed by atoms with Crippen molar-refractivity contribution in [3.63, 3.8) is 0 Å². The third-order valence-electron chi connectivity index (χ3n) is 4.43. The van der Waals surface area contributed by atoms with E-state index in [1.807, 2.05) is 44.4 Å². The summed E-state index contributed by atoms with van der Waals surface area (Å²) in [5.41, 5.74) is 0.860. The maximum absolute atomic E-state index is 12.5. The van der Waals surface area contributed by atoms with Gasteiger partial charge in [0.1, 0.15) is 4.90 Å². The van der Waals surface area contributed by atoms with E-state index in [1.165, 1.54) is 12.4 Å². The summed E-state index contributed by atoms with van der Waals surface area (Å²) < 4.78 is 27.8. The molecule has 24 heavy (non-hydrogen) atoms. The van der Waals surface area contributed by atoms with Gasteiger partial charge in [-0.2, -0.15) is 0 Å². The Morgan fingerprint density at radius 1 is 1.08 bits per heavy atom. The van der Waals surface area contributed by atoms with Crippen LogP contribution < -0.4 is 4.72 Å². The first-order valence-corrected chi connectivity index (χ1v) is 9.50. The summed E-state index contributed by atoms with van der Waals surface area (Å²) in [5, 5.41) is 0. The van der Waals surface area contributed by atoms with Gasteiger partial charge >= 0.3 is 0 Å². The third kappa shape index (κ3) is 3.80. The molecule has 1 saturated carbocycles. The molecule has 7 heteroatoms. The zero-order valence-corrected chi connectivity index (χ0v) is 14.7. The monoisotopic (exact) mass is 346 g/mol. The van der Waals surface area contributed by atoms with Gasteiger partial charge in [-0.1, -0.05) is 30.3 Å². The molecule has 0 aliphatic heterocycles. The second-order valence-corrected chi connectivity index (χ2v) is 8.07. The Balaban J connectivity index is 1.71. The van der Waals surface area contributed by atoms with Crippen molar-refractivity contribution in [3.8, 4) is 11.4 Å². The van der Waals surface area contributed by atoms with Gasteiger partial charge in [0.2, 0.25) is 10.0 Å². The molecular formula is C17H22N4O2S. The van der Waals surface area contributed by atoms with Gasteiger partial charge in [0, 0.05) is 17.6 Å². The van der Waals surface area contributed by atoms with Gasteiger partial charge in [0.05, 0.1) is 12.4 Å². The van der Waals surface area contributed by atoms with E-state index < -0.39 is 10.0 Å². The smallest absolute Gasteiger partial charge is 0.243 e. The van der Waals surface area contributed by atoms with Crippen molar-refractivity contribution in [3.05, 3.63) is 42.7 Å². The van der Waals surface area contributed by atoms with Crippen molar-refractivity contribution in [1.29, 1.82) is 0 Å². The summed E-state index contributed by atoms with van der Waals surface area (Å²) in [7, 11) is 0.466. The van der Waals surface area contributed by atoms with Crippen molar-refractivity contribution in [2.24, 2.45) is 0 Å². The zero-order chi connectivity index (χ0) is 17.2. The number of benzene rings is 1. The fourth-order valence-electron chi connectivity index (χ4n) is 3.01. The Hall–Kier alpha value is -1.83. The summed E-state index contributed by atoms with van der Waals surface area (Å²) >= 11 is 0. The lowest BCUT2D eigenvalue weighted by Crippen LogP contribution is -2.35. The predicted molar refractivity (Wildman–Crippen MR) is 92.9 cm³/mol. The van der Waals surface area contributed by atoms with Crippen LogP contribution in [0.5, 0.6) is 0 Å². The van der Waals surface area contributed by atoms with E-state index in [0.717, 1.165) is 24.8 Å². The number of hydrogen-bond donors (Lipinski definition) is 1. The van der Waals surface area contributed by atoms with Gasteiger partial charge in [-0.3, -0.25) is 0 Å². The van der Waals surface area contributed by atoms with Crippen LogP contribution >= 0.6 is 0 Å². The molecule has 3 rings (SSSR count). The standard InChI is InChI=1S/C17H22N4O2S/c1-21(2)15-9-8-14(10-15)20-24(22,23)16-11-18-17(19-12-16)13-6-4-3-5-7-13/h3-7,11-12,14-15,20H,8-10H2,1-2H3/t14-,15+/m1/s1. The Kier molecular flexibility index (Phi) is 4.93. The highest BCUT2D eigenvalue weighted by molar-refractivity contribution is 7.89. The lowest BCUT2D eigenvalue weighted by atomic mass is 10.2. The van der Waals surface area contributed by atoms with E-state index in [4.69, 9.17) is 0 Å². The number of sulfonamides is 1. The molecule has 128 valence electrons. The van der Waals surface area contributed by atoms with E-state index in [0.29, 0.717) is 11.9 Å². The maximum Gasteiger partial charge on any atom is 0.243 e. The molecule has 0 spiro atoms. The van der Waals surface area contributed by atoms with Gasteiger partial charge in [0.25, 0.3) is 0 Å². The van der Waals surface area contributed by atoms with Crippen LogP contribution in [0, 0.1) is 0 Å². The van der Waals surface area contributed by atoms with Gasteiger partial charge in [0.15, 0.2) is 5.82 Å². The first kappa shape index (κ1) is 17.0. The van der Waals surface area contributed by atoms with Gasteiger partial charge < -0.3 is 4.90 Å². The third-order valence-corrected chi connectivity index (χ3v) is 5.90. The first-order chi connectivity index (χ1) is 11.5. The summed E-state index contributed by atoms with van der Waals surface area (Å²) in [4.78, 5) is 10.6. The Labute approximate surface area is 143 Å². The molecule has 1 aliphatic rings. The molecule has 0 saturated heterocycles. The number of nitrogens with one attached hydrogen (secondary N) is 1. The SMILES string of the molecule is CN(C)[C@H]1CC[C@@H](NS(=O)(=O)c2cnc(-c3ccccc3)nc2)C1. The van der Waals surface area contributed by atoms with Gasteiger partial charge in [-0.15, -0.1) is 0 Å². The largest absolute Gasteiger partial charge is 0.306 e. The van der Waals surface area contributed by atoms with Crippen molar-refractivity contribution < 1.29 is 8.42 Å². The summed E-state index contributed by atoms with van der Waals surface area (Å²) in [6.45, 7) is 0. The van der Waals surface area contributed by atoms with E-state index >= 15 is 0 Å². The van der Waals surface area contributed by atoms with E-state index in [1.54, 1.807) is 0 Å². The molecule has 2 atom stereocenters. The molecule has 1 N–H and O–H groups in total. The second kappa shape index (κ2) is 6.96. The van der Waals surface area contributed by atoms with Crippen molar-refractivity contribution in [2.45, 2.75) is 36.2 Å². The van der Waals surface area contributed by atoms with Gasteiger partial charge in [-0.05, 0) is 33.4 Å². The van der Waals surface area contributed by atoms with Crippen molar-refractivity contribution >= 4 is 10.0 Å². The quantitative estimate of drug-likeness (QED) is 0.895. The molecule has 1 aromatic heterocycles. The molecule has 0 radical (unpaired) electrons. The first-order valence-electron chi connectivity index (χ1n) is 8.02. The highest BCUT2D eigenvalue weighted by Gasteiger charge is 2.29. The average Bonchev–Trinajstić information content (AvgIpc) is 3.04. The Bertz CT molecular complexity index is 776. The fraction of sp³-hybridized carbons (Fsp3) is 0.412. The van der Waals surface area contributed by atoms with Crippen molar-refractivity contribution in [1.82, 2.24) is 19.6 Å². The molecule has 1 aliphatic carbocycles. The lowest BCUT2D eigenvalue weighted by molar-refractivity contribution is 0.295. The molecule has 0 amide bonds. The number of rotatable bonds is 5. The highest BCUT2D eigenvalue weighted by atomic mass is 32.2. The molecule has 6 nitrogen and oxygen atoms in total. The van der Waals surface area contributed by atoms with Crippen LogP contribution in [-0.4, -0.2) is 49.5 Å². The normalized spacial score (nSPS) is 21.3. The fourth-order valence-corrected chi connectivity index (χ4v) is 4.18. The average molecular weight is 346 g/mol. The van der Waals surface area contributed by atoms with Crippen molar-refractivity contribution in [2.75, 3.05) is 14.1 Å². The topological polar surface area (TPSA) is 75.2 Å². The minimum Gasteiger partial charge on any atom is -0.306 e. The van der Waals surface area contributed by atoms with Gasteiger partial charge in [-0.25, -0.2) is 23.1 Å². The highest BCUT2D eigenvalue weighted by Crippen LogP contribution is 2.24. The van der Waals surface area contributed by atoms with E-state index in [-0.39, 0.29) is 10.9 Å². The second-order valence-electron chi connectivity index (χ2n) is 6.36. The van der Waals surface area contributed by atoms with Crippen LogP contribution in [0.3, 0.4) is 0 Å². The van der Waals surface area contributed by atoms with E-state index in [2.05, 4.69) is 19.6 Å². The Morgan fingerprint density at radius 2 is 1.75 bits per heavy atom. The number of aromatic nitrogens is 2. The molecular weight excluding hydrogens is 324 g/mol. The van der Waals surface area contributed by atoms with Crippen LogP contribution in [0.4, 0.5) is 0 Å². The van der Waals surface area contributed by atoms with Crippen LogP contribution in [0.15, 0.2) is 47.6 Å².